The molecule has 0 atom stereocenters. The molecule has 5 rings (SSSR count). The lowest BCUT2D eigenvalue weighted by atomic mass is 9.97. The van der Waals surface area contributed by atoms with Gasteiger partial charge in [-0.15, -0.1) is 0 Å². The first-order chi connectivity index (χ1) is 17.1. The number of aromatic nitrogens is 3. The second-order valence-electron chi connectivity index (χ2n) is 8.60. The molecule has 10 heteroatoms. The van der Waals surface area contributed by atoms with Crippen LogP contribution in [0.2, 0.25) is 0 Å². The summed E-state index contributed by atoms with van der Waals surface area (Å²) in [6, 6.07) is 12.1. The van der Waals surface area contributed by atoms with Crippen molar-refractivity contribution in [1.29, 1.82) is 0 Å². The first-order valence-corrected chi connectivity index (χ1v) is 11.1. The van der Waals surface area contributed by atoms with Gasteiger partial charge in [0.05, 0.1) is 17.6 Å². The van der Waals surface area contributed by atoms with Crippen LogP contribution in [0.3, 0.4) is 0 Å². The number of hydrogen-bond donors (Lipinski definition) is 0. The first-order valence-electron chi connectivity index (χ1n) is 11.1. The van der Waals surface area contributed by atoms with Crippen molar-refractivity contribution in [3.05, 3.63) is 106 Å². The van der Waals surface area contributed by atoms with Crippen LogP contribution in [0, 0.1) is 12.7 Å². The minimum absolute atomic E-state index is 0.144. The highest BCUT2D eigenvalue weighted by Gasteiger charge is 2.34. The molecule has 6 nitrogen and oxygen atoms in total. The minimum Gasteiger partial charge on any atom is -0.331 e. The van der Waals surface area contributed by atoms with E-state index < -0.39 is 17.6 Å². The molecule has 3 heterocycles. The van der Waals surface area contributed by atoms with Gasteiger partial charge in [0, 0.05) is 25.8 Å². The Balaban J connectivity index is 1.42. The van der Waals surface area contributed by atoms with Crippen molar-refractivity contribution < 1.29 is 22.4 Å². The monoisotopic (exact) mass is 496 g/mol. The molecule has 2 aromatic heterocycles. The summed E-state index contributed by atoms with van der Waals surface area (Å²) >= 11 is 0. The maximum Gasteiger partial charge on any atom is 0.417 e. The number of alkyl halides is 3. The van der Waals surface area contributed by atoms with Crippen LogP contribution in [0.5, 0.6) is 0 Å². The van der Waals surface area contributed by atoms with E-state index in [1.165, 1.54) is 17.0 Å². The van der Waals surface area contributed by atoms with Crippen LogP contribution in [-0.4, -0.2) is 31.5 Å². The van der Waals surface area contributed by atoms with Gasteiger partial charge in [-0.1, -0.05) is 24.3 Å². The number of halogens is 4. The van der Waals surface area contributed by atoms with E-state index in [1.807, 2.05) is 6.92 Å². The molecule has 1 aliphatic heterocycles. The molecule has 0 saturated heterocycles. The van der Waals surface area contributed by atoms with Gasteiger partial charge in [-0.2, -0.15) is 13.2 Å². The highest BCUT2D eigenvalue weighted by atomic mass is 19.4. The predicted octanol–water partition coefficient (Wildman–Crippen LogP) is 4.82. The van der Waals surface area contributed by atoms with Crippen molar-refractivity contribution >= 4 is 5.91 Å². The van der Waals surface area contributed by atoms with Crippen LogP contribution in [0.1, 0.15) is 27.3 Å². The summed E-state index contributed by atoms with van der Waals surface area (Å²) < 4.78 is 57.0. The third-order valence-electron chi connectivity index (χ3n) is 6.14. The number of carbonyl (C=O) groups is 1. The Morgan fingerprint density at radius 2 is 1.81 bits per heavy atom. The second kappa shape index (κ2) is 8.78. The molecular weight excluding hydrogens is 476 g/mol. The molecule has 2 aromatic carbocycles. The minimum atomic E-state index is -4.72. The average Bonchev–Trinajstić information content (AvgIpc) is 3.27. The number of amides is 1. The lowest BCUT2D eigenvalue weighted by Crippen LogP contribution is -2.44. The lowest BCUT2D eigenvalue weighted by Gasteiger charge is -2.30. The maximum atomic E-state index is 13.5. The Labute approximate surface area is 203 Å². The third-order valence-corrected chi connectivity index (χ3v) is 6.14. The molecule has 184 valence electrons. The van der Waals surface area contributed by atoms with Crippen LogP contribution in [0.25, 0.3) is 16.8 Å². The lowest BCUT2D eigenvalue weighted by molar-refractivity contribution is -0.137. The topological polar surface area (TPSA) is 60.1 Å². The molecule has 0 fully saturated rings. The number of pyridine rings is 1. The summed E-state index contributed by atoms with van der Waals surface area (Å²) in [6.07, 6.45) is -1.46. The summed E-state index contributed by atoms with van der Waals surface area (Å²) in [7, 11) is 0. The molecule has 4 aromatic rings. The summed E-state index contributed by atoms with van der Waals surface area (Å²) in [6.45, 7) is 2.48. The van der Waals surface area contributed by atoms with Gasteiger partial charge >= 0.3 is 6.18 Å². The number of imidazole rings is 1. The standard InChI is InChI=1S/C26H20F4N4O2/c1-16-13-33(15-31-16)22-7-8-23-24(35)32(9-10-34(23)25(22)36)14-17-3-2-4-18(11-17)20-6-5-19(27)12-21(20)26(28,29)30/h2-8,11-13,15H,9-10,14H2,1H3. The van der Waals surface area contributed by atoms with E-state index >= 15 is 0 Å². The van der Waals surface area contributed by atoms with Crippen molar-refractivity contribution in [2.75, 3.05) is 6.54 Å². The molecule has 0 radical (unpaired) electrons. The van der Waals surface area contributed by atoms with E-state index in [0.717, 1.165) is 17.8 Å². The highest BCUT2D eigenvalue weighted by Crippen LogP contribution is 2.37. The molecule has 0 N–H and O–H groups in total. The zero-order chi connectivity index (χ0) is 25.6. The zero-order valence-corrected chi connectivity index (χ0v) is 19.1. The molecular formula is C26H20F4N4O2. The van der Waals surface area contributed by atoms with Crippen LogP contribution in [0.15, 0.2) is 71.9 Å². The number of benzene rings is 2. The molecule has 1 amide bonds. The quantitative estimate of drug-likeness (QED) is 0.381. The Bertz CT molecular complexity index is 1540. The van der Waals surface area contributed by atoms with E-state index in [9.17, 15) is 27.2 Å². The Hall–Kier alpha value is -4.21. The number of fused-ring (bicyclic) bond motifs is 1. The van der Waals surface area contributed by atoms with E-state index in [1.54, 1.807) is 46.0 Å². The summed E-state index contributed by atoms with van der Waals surface area (Å²) in [5.74, 6) is -1.32. The largest absolute Gasteiger partial charge is 0.417 e. The van der Waals surface area contributed by atoms with Gasteiger partial charge in [0.1, 0.15) is 17.2 Å². The molecule has 0 bridgehead atoms. The summed E-state index contributed by atoms with van der Waals surface area (Å²) in [4.78, 5) is 31.8. The fourth-order valence-electron chi connectivity index (χ4n) is 4.42. The Morgan fingerprint density at radius 1 is 1.00 bits per heavy atom. The molecule has 1 aliphatic rings. The van der Waals surface area contributed by atoms with Gasteiger partial charge in [-0.05, 0) is 53.9 Å². The van der Waals surface area contributed by atoms with Crippen molar-refractivity contribution in [2.24, 2.45) is 0 Å². The van der Waals surface area contributed by atoms with Gasteiger partial charge < -0.3 is 14.0 Å². The van der Waals surface area contributed by atoms with Gasteiger partial charge in [-0.25, -0.2) is 9.37 Å². The zero-order valence-electron chi connectivity index (χ0n) is 19.1. The van der Waals surface area contributed by atoms with Gasteiger partial charge in [-0.3, -0.25) is 9.59 Å². The number of hydrogen-bond acceptors (Lipinski definition) is 3. The summed E-state index contributed by atoms with van der Waals surface area (Å²) in [5.41, 5.74) is 0.732. The second-order valence-corrected chi connectivity index (χ2v) is 8.60. The van der Waals surface area contributed by atoms with E-state index in [4.69, 9.17) is 0 Å². The van der Waals surface area contributed by atoms with Gasteiger partial charge in [0.2, 0.25) is 0 Å². The number of aryl methyl sites for hydroxylation is 1. The fraction of sp³-hybridized carbons (Fsp3) is 0.192. The van der Waals surface area contributed by atoms with Crippen LogP contribution in [-0.2, 0) is 19.3 Å². The molecule has 0 saturated carbocycles. The summed E-state index contributed by atoms with van der Waals surface area (Å²) in [5, 5.41) is 0. The SMILES string of the molecule is Cc1cn(-c2ccc3n(c2=O)CCN(Cc2cccc(-c4ccc(F)cc4C(F)(F)F)c2)C3=O)cn1. The van der Waals surface area contributed by atoms with E-state index in [0.29, 0.717) is 17.3 Å². The normalized spacial score (nSPS) is 13.7. The molecule has 0 unspecified atom stereocenters. The predicted molar refractivity (Wildman–Crippen MR) is 124 cm³/mol. The van der Waals surface area contributed by atoms with Crippen molar-refractivity contribution in [3.8, 4) is 16.8 Å². The highest BCUT2D eigenvalue weighted by molar-refractivity contribution is 5.93. The average molecular weight is 496 g/mol. The number of carbonyl (C=O) groups excluding carboxylic acids is 1. The van der Waals surface area contributed by atoms with Crippen molar-refractivity contribution in [3.63, 3.8) is 0 Å². The molecule has 0 spiro atoms. The van der Waals surface area contributed by atoms with Gasteiger partial charge in [0.25, 0.3) is 11.5 Å². The number of nitrogens with zero attached hydrogens (tertiary/aromatic N) is 4. The fourth-order valence-corrected chi connectivity index (χ4v) is 4.42. The van der Waals surface area contributed by atoms with E-state index in [-0.39, 0.29) is 47.9 Å². The maximum absolute atomic E-state index is 13.5. The number of rotatable bonds is 4. The van der Waals surface area contributed by atoms with Crippen LogP contribution >= 0.6 is 0 Å². The van der Waals surface area contributed by atoms with Crippen LogP contribution in [0.4, 0.5) is 17.6 Å². The van der Waals surface area contributed by atoms with Gasteiger partial charge in [0.15, 0.2) is 0 Å². The van der Waals surface area contributed by atoms with Crippen LogP contribution < -0.4 is 5.56 Å². The van der Waals surface area contributed by atoms with E-state index in [2.05, 4.69) is 4.98 Å². The Kier molecular flexibility index (Phi) is 5.74. The van der Waals surface area contributed by atoms with Crippen molar-refractivity contribution in [2.45, 2.75) is 26.2 Å². The first kappa shape index (κ1) is 23.5. The Morgan fingerprint density at radius 3 is 2.53 bits per heavy atom. The third kappa shape index (κ3) is 4.30. The smallest absolute Gasteiger partial charge is 0.331 e. The van der Waals surface area contributed by atoms with Crippen molar-refractivity contribution in [1.82, 2.24) is 19.0 Å². The molecule has 0 aliphatic carbocycles. The molecule has 36 heavy (non-hydrogen) atoms.